The second-order valence-corrected chi connectivity index (χ2v) is 4.56. The smallest absolute Gasteiger partial charge is 0.0321 e. The van der Waals surface area contributed by atoms with E-state index < -0.39 is 0 Å². The number of pyridine rings is 1. The van der Waals surface area contributed by atoms with Crippen LogP contribution in [0.15, 0.2) is 43.0 Å². The summed E-state index contributed by atoms with van der Waals surface area (Å²) in [5.74, 6) is 0. The third kappa shape index (κ3) is 2.94. The molecule has 0 amide bonds. The molecule has 1 atom stereocenters. The minimum Gasteiger partial charge on any atom is -0.357 e. The molecule has 0 spiro atoms. The van der Waals surface area contributed by atoms with Gasteiger partial charge in [0.15, 0.2) is 0 Å². The minimum atomic E-state index is 0.401. The van der Waals surface area contributed by atoms with Gasteiger partial charge >= 0.3 is 0 Å². The van der Waals surface area contributed by atoms with Gasteiger partial charge in [-0.2, -0.15) is 0 Å². The van der Waals surface area contributed by atoms with E-state index in [-0.39, 0.29) is 0 Å². The highest BCUT2D eigenvalue weighted by Crippen LogP contribution is 2.19. The summed E-state index contributed by atoms with van der Waals surface area (Å²) in [6, 6.07) is 6.71. The standard InChI is InChI=1S/C14H19N3/c1-12(14-4-7-15-8-5-14)17(3)11-13-6-9-16(2)10-13/h4-10,12H,11H2,1-3H3/t12-/m1/s1. The molecule has 0 aliphatic carbocycles. The van der Waals surface area contributed by atoms with Crippen LogP contribution in [0.25, 0.3) is 0 Å². The molecule has 90 valence electrons. The highest BCUT2D eigenvalue weighted by Gasteiger charge is 2.11. The lowest BCUT2D eigenvalue weighted by Gasteiger charge is -2.24. The Morgan fingerprint density at radius 1 is 1.29 bits per heavy atom. The summed E-state index contributed by atoms with van der Waals surface area (Å²) in [5.41, 5.74) is 2.65. The molecule has 0 bridgehead atoms. The zero-order valence-corrected chi connectivity index (χ0v) is 10.7. The fraction of sp³-hybridized carbons (Fsp3) is 0.357. The van der Waals surface area contributed by atoms with E-state index >= 15 is 0 Å². The molecule has 17 heavy (non-hydrogen) atoms. The number of aryl methyl sites for hydroxylation is 1. The molecule has 0 unspecified atom stereocenters. The Kier molecular flexibility index (Phi) is 3.59. The van der Waals surface area contributed by atoms with Crippen LogP contribution < -0.4 is 0 Å². The molecule has 0 N–H and O–H groups in total. The van der Waals surface area contributed by atoms with E-state index in [0.29, 0.717) is 6.04 Å². The summed E-state index contributed by atoms with van der Waals surface area (Å²) in [6.07, 6.45) is 7.94. The molecule has 0 aliphatic rings. The van der Waals surface area contributed by atoms with E-state index in [0.717, 1.165) is 6.54 Å². The van der Waals surface area contributed by atoms with Crippen molar-refractivity contribution in [3.8, 4) is 0 Å². The van der Waals surface area contributed by atoms with Crippen LogP contribution in [0.2, 0.25) is 0 Å². The highest BCUT2D eigenvalue weighted by atomic mass is 15.1. The van der Waals surface area contributed by atoms with Gasteiger partial charge in [0.05, 0.1) is 0 Å². The van der Waals surface area contributed by atoms with Crippen molar-refractivity contribution in [1.29, 1.82) is 0 Å². The largest absolute Gasteiger partial charge is 0.357 e. The van der Waals surface area contributed by atoms with Crippen LogP contribution in [0.4, 0.5) is 0 Å². The van der Waals surface area contributed by atoms with Crippen molar-refractivity contribution in [2.75, 3.05) is 7.05 Å². The Bertz CT molecular complexity index is 461. The molecule has 2 heterocycles. The van der Waals surface area contributed by atoms with Crippen LogP contribution in [-0.2, 0) is 13.6 Å². The first-order valence-electron chi connectivity index (χ1n) is 5.88. The van der Waals surface area contributed by atoms with E-state index in [2.05, 4.69) is 66.1 Å². The van der Waals surface area contributed by atoms with Gasteiger partial charge in [0.1, 0.15) is 0 Å². The van der Waals surface area contributed by atoms with Gasteiger partial charge in [0, 0.05) is 44.4 Å². The second kappa shape index (κ2) is 5.15. The van der Waals surface area contributed by atoms with E-state index in [1.807, 2.05) is 12.4 Å². The Morgan fingerprint density at radius 3 is 2.59 bits per heavy atom. The van der Waals surface area contributed by atoms with Gasteiger partial charge in [-0.05, 0) is 43.3 Å². The van der Waals surface area contributed by atoms with Gasteiger partial charge in [0.25, 0.3) is 0 Å². The average molecular weight is 229 g/mol. The third-order valence-corrected chi connectivity index (χ3v) is 3.17. The summed E-state index contributed by atoms with van der Waals surface area (Å²) < 4.78 is 2.08. The molecular weight excluding hydrogens is 210 g/mol. The van der Waals surface area contributed by atoms with Gasteiger partial charge in [0.2, 0.25) is 0 Å². The number of hydrogen-bond donors (Lipinski definition) is 0. The predicted molar refractivity (Wildman–Crippen MR) is 69.5 cm³/mol. The lowest BCUT2D eigenvalue weighted by Crippen LogP contribution is -2.21. The maximum atomic E-state index is 4.05. The zero-order chi connectivity index (χ0) is 12.3. The minimum absolute atomic E-state index is 0.401. The maximum absolute atomic E-state index is 4.05. The molecule has 0 saturated heterocycles. The number of nitrogens with zero attached hydrogens (tertiary/aromatic N) is 3. The Labute approximate surface area is 103 Å². The Hall–Kier alpha value is -1.61. The first-order valence-corrected chi connectivity index (χ1v) is 5.88. The van der Waals surface area contributed by atoms with Gasteiger partial charge in [-0.25, -0.2) is 0 Å². The summed E-state index contributed by atoms with van der Waals surface area (Å²) in [7, 11) is 4.20. The van der Waals surface area contributed by atoms with Crippen LogP contribution in [-0.4, -0.2) is 21.5 Å². The Morgan fingerprint density at radius 2 is 2.00 bits per heavy atom. The Balaban J connectivity index is 2.03. The molecular formula is C14H19N3. The lowest BCUT2D eigenvalue weighted by atomic mass is 10.1. The van der Waals surface area contributed by atoms with Crippen molar-refractivity contribution in [1.82, 2.24) is 14.5 Å². The first kappa shape index (κ1) is 11.9. The zero-order valence-electron chi connectivity index (χ0n) is 10.7. The SMILES string of the molecule is C[C@H](c1ccncc1)N(C)Cc1ccn(C)c1. The first-order chi connectivity index (χ1) is 8.16. The fourth-order valence-corrected chi connectivity index (χ4v) is 1.98. The summed E-state index contributed by atoms with van der Waals surface area (Å²) >= 11 is 0. The number of hydrogen-bond acceptors (Lipinski definition) is 2. The number of aromatic nitrogens is 2. The normalized spacial score (nSPS) is 12.9. The molecule has 3 heteroatoms. The summed E-state index contributed by atoms with van der Waals surface area (Å²) in [4.78, 5) is 6.39. The molecule has 0 fully saturated rings. The van der Waals surface area contributed by atoms with Crippen molar-refractivity contribution < 1.29 is 0 Å². The molecule has 3 nitrogen and oxygen atoms in total. The highest BCUT2D eigenvalue weighted by molar-refractivity contribution is 5.15. The average Bonchev–Trinajstić information content (AvgIpc) is 2.75. The van der Waals surface area contributed by atoms with Crippen molar-refractivity contribution in [3.05, 3.63) is 54.1 Å². The predicted octanol–water partition coefficient (Wildman–Crippen LogP) is 2.61. The van der Waals surface area contributed by atoms with Crippen LogP contribution in [0, 0.1) is 0 Å². The van der Waals surface area contributed by atoms with Crippen LogP contribution in [0.1, 0.15) is 24.1 Å². The van der Waals surface area contributed by atoms with E-state index in [4.69, 9.17) is 0 Å². The van der Waals surface area contributed by atoms with Crippen molar-refractivity contribution in [3.63, 3.8) is 0 Å². The van der Waals surface area contributed by atoms with Gasteiger partial charge in [-0.1, -0.05) is 0 Å². The van der Waals surface area contributed by atoms with Gasteiger partial charge < -0.3 is 4.57 Å². The van der Waals surface area contributed by atoms with Crippen LogP contribution >= 0.6 is 0 Å². The number of rotatable bonds is 4. The molecule has 2 aromatic rings. The molecule has 0 aliphatic heterocycles. The molecule has 0 aromatic carbocycles. The molecule has 2 rings (SSSR count). The van der Waals surface area contributed by atoms with Crippen LogP contribution in [0.3, 0.4) is 0 Å². The van der Waals surface area contributed by atoms with Crippen molar-refractivity contribution in [2.45, 2.75) is 19.5 Å². The lowest BCUT2D eigenvalue weighted by molar-refractivity contribution is 0.253. The van der Waals surface area contributed by atoms with E-state index in [1.165, 1.54) is 11.1 Å². The quantitative estimate of drug-likeness (QED) is 0.803. The van der Waals surface area contributed by atoms with E-state index in [9.17, 15) is 0 Å². The molecule has 0 saturated carbocycles. The topological polar surface area (TPSA) is 21.1 Å². The molecule has 2 aromatic heterocycles. The summed E-state index contributed by atoms with van der Waals surface area (Å²) in [6.45, 7) is 3.18. The van der Waals surface area contributed by atoms with Crippen molar-refractivity contribution in [2.24, 2.45) is 7.05 Å². The van der Waals surface area contributed by atoms with Gasteiger partial charge in [-0.3, -0.25) is 9.88 Å². The second-order valence-electron chi connectivity index (χ2n) is 4.56. The summed E-state index contributed by atoms with van der Waals surface area (Å²) in [5, 5.41) is 0. The monoisotopic (exact) mass is 229 g/mol. The van der Waals surface area contributed by atoms with Crippen molar-refractivity contribution >= 4 is 0 Å². The third-order valence-electron chi connectivity index (χ3n) is 3.17. The van der Waals surface area contributed by atoms with E-state index in [1.54, 1.807) is 0 Å². The van der Waals surface area contributed by atoms with Gasteiger partial charge in [-0.15, -0.1) is 0 Å². The van der Waals surface area contributed by atoms with Crippen LogP contribution in [0.5, 0.6) is 0 Å². The molecule has 0 radical (unpaired) electrons. The fourth-order valence-electron chi connectivity index (χ4n) is 1.98. The maximum Gasteiger partial charge on any atom is 0.0321 e.